The van der Waals surface area contributed by atoms with Crippen molar-refractivity contribution in [2.45, 2.75) is 20.3 Å². The third-order valence-electron chi connectivity index (χ3n) is 2.69. The Balaban J connectivity index is 2.01. The SMILES string of the molecule is CCOc1ccc(NC(=S)Nn2c(CC)n[nH]c2=S)cc1. The number of thiocarbonyl (C=S) groups is 1. The Hall–Kier alpha value is -1.93. The highest BCUT2D eigenvalue weighted by Crippen LogP contribution is 2.15. The first-order chi connectivity index (χ1) is 10.1. The Morgan fingerprint density at radius 1 is 1.33 bits per heavy atom. The van der Waals surface area contributed by atoms with Crippen LogP contribution in [0, 0.1) is 4.77 Å². The molecular weight excluding hydrogens is 306 g/mol. The van der Waals surface area contributed by atoms with Crippen LogP contribution in [0.1, 0.15) is 19.7 Å². The van der Waals surface area contributed by atoms with Gasteiger partial charge < -0.3 is 10.1 Å². The second kappa shape index (κ2) is 7.19. The molecule has 0 aliphatic rings. The number of hydrogen-bond acceptors (Lipinski definition) is 4. The molecule has 0 spiro atoms. The van der Waals surface area contributed by atoms with Gasteiger partial charge in [-0.15, -0.1) is 0 Å². The van der Waals surface area contributed by atoms with Gasteiger partial charge in [0.1, 0.15) is 5.75 Å². The minimum absolute atomic E-state index is 0.436. The number of aryl methyl sites for hydroxylation is 1. The number of hydrogen-bond donors (Lipinski definition) is 3. The molecule has 0 unspecified atom stereocenters. The number of nitrogens with zero attached hydrogens (tertiary/aromatic N) is 2. The van der Waals surface area contributed by atoms with E-state index in [9.17, 15) is 0 Å². The van der Waals surface area contributed by atoms with Crippen molar-refractivity contribution in [2.24, 2.45) is 0 Å². The van der Waals surface area contributed by atoms with Gasteiger partial charge in [-0.1, -0.05) is 6.92 Å². The maximum Gasteiger partial charge on any atom is 0.214 e. The molecule has 3 N–H and O–H groups in total. The standard InChI is InChI=1S/C13H17N5OS2/c1-3-11-15-16-13(21)18(11)17-12(20)14-9-5-7-10(8-6-9)19-4-2/h5-8H,3-4H2,1-2H3,(H,16,21)(H2,14,17,20). The van der Waals surface area contributed by atoms with Gasteiger partial charge in [0, 0.05) is 12.1 Å². The molecular formula is C13H17N5OS2. The highest BCUT2D eigenvalue weighted by atomic mass is 32.1. The van der Waals surface area contributed by atoms with Gasteiger partial charge in [0.2, 0.25) is 4.77 Å². The van der Waals surface area contributed by atoms with Crippen LogP contribution < -0.4 is 15.5 Å². The van der Waals surface area contributed by atoms with Crippen LogP contribution in [0.15, 0.2) is 24.3 Å². The van der Waals surface area contributed by atoms with Gasteiger partial charge in [0.15, 0.2) is 10.9 Å². The van der Waals surface area contributed by atoms with Crippen molar-refractivity contribution in [1.29, 1.82) is 0 Å². The van der Waals surface area contributed by atoms with E-state index < -0.39 is 0 Å². The highest BCUT2D eigenvalue weighted by molar-refractivity contribution is 7.80. The van der Waals surface area contributed by atoms with Crippen LogP contribution in [-0.4, -0.2) is 26.6 Å². The van der Waals surface area contributed by atoms with Gasteiger partial charge in [-0.2, -0.15) is 5.10 Å². The minimum atomic E-state index is 0.436. The van der Waals surface area contributed by atoms with Crippen molar-refractivity contribution in [3.63, 3.8) is 0 Å². The molecule has 21 heavy (non-hydrogen) atoms. The summed E-state index contributed by atoms with van der Waals surface area (Å²) in [7, 11) is 0. The summed E-state index contributed by atoms with van der Waals surface area (Å²) < 4.78 is 7.52. The van der Waals surface area contributed by atoms with E-state index in [1.807, 2.05) is 38.1 Å². The maximum absolute atomic E-state index is 5.39. The van der Waals surface area contributed by atoms with Gasteiger partial charge in [0.05, 0.1) is 6.61 Å². The zero-order valence-corrected chi connectivity index (χ0v) is 13.5. The molecule has 1 heterocycles. The Kier molecular flexibility index (Phi) is 5.29. The zero-order chi connectivity index (χ0) is 15.2. The lowest BCUT2D eigenvalue weighted by atomic mass is 10.3. The number of anilines is 1. The van der Waals surface area contributed by atoms with Gasteiger partial charge in [-0.25, -0.2) is 4.68 Å². The van der Waals surface area contributed by atoms with Gasteiger partial charge in [-0.3, -0.25) is 10.5 Å². The van der Waals surface area contributed by atoms with E-state index >= 15 is 0 Å². The molecule has 0 aliphatic heterocycles. The summed E-state index contributed by atoms with van der Waals surface area (Å²) in [6.07, 6.45) is 0.742. The van der Waals surface area contributed by atoms with E-state index in [2.05, 4.69) is 20.9 Å². The molecule has 112 valence electrons. The van der Waals surface area contributed by atoms with Crippen molar-refractivity contribution in [3.8, 4) is 5.75 Å². The first kappa shape index (κ1) is 15.5. The molecule has 2 rings (SSSR count). The lowest BCUT2D eigenvalue weighted by Gasteiger charge is -2.12. The summed E-state index contributed by atoms with van der Waals surface area (Å²) >= 11 is 10.4. The van der Waals surface area contributed by atoms with Crippen molar-refractivity contribution in [2.75, 3.05) is 17.3 Å². The molecule has 0 saturated heterocycles. The van der Waals surface area contributed by atoms with Crippen molar-refractivity contribution < 1.29 is 4.74 Å². The van der Waals surface area contributed by atoms with Crippen LogP contribution in [0.5, 0.6) is 5.75 Å². The smallest absolute Gasteiger partial charge is 0.214 e. The number of rotatable bonds is 5. The summed E-state index contributed by atoms with van der Waals surface area (Å²) in [4.78, 5) is 0. The number of ether oxygens (including phenoxy) is 1. The second-order valence-corrected chi connectivity index (χ2v) is 4.95. The molecule has 1 aromatic carbocycles. The molecule has 0 radical (unpaired) electrons. The van der Waals surface area contributed by atoms with E-state index in [1.165, 1.54) is 0 Å². The van der Waals surface area contributed by atoms with Crippen LogP contribution in [-0.2, 0) is 6.42 Å². The molecule has 0 saturated carbocycles. The normalized spacial score (nSPS) is 10.2. The Labute approximate surface area is 133 Å². The molecule has 6 nitrogen and oxygen atoms in total. The second-order valence-electron chi connectivity index (χ2n) is 4.16. The van der Waals surface area contributed by atoms with E-state index in [1.54, 1.807) is 4.68 Å². The first-order valence-electron chi connectivity index (χ1n) is 6.61. The lowest BCUT2D eigenvalue weighted by molar-refractivity contribution is 0.340. The molecule has 0 amide bonds. The predicted octanol–water partition coefficient (Wildman–Crippen LogP) is 2.84. The fraction of sp³-hybridized carbons (Fsp3) is 0.308. The average Bonchev–Trinajstić information content (AvgIpc) is 2.82. The monoisotopic (exact) mass is 323 g/mol. The van der Waals surface area contributed by atoms with Crippen LogP contribution >= 0.6 is 24.4 Å². The topological polar surface area (TPSA) is 66.9 Å². The summed E-state index contributed by atoms with van der Waals surface area (Å²) in [5.74, 6) is 1.61. The third-order valence-corrected chi connectivity index (χ3v) is 3.16. The molecule has 2 aromatic rings. The van der Waals surface area contributed by atoms with E-state index in [-0.39, 0.29) is 0 Å². The number of aromatic amines is 1. The lowest BCUT2D eigenvalue weighted by Crippen LogP contribution is -2.28. The van der Waals surface area contributed by atoms with Gasteiger partial charge in [-0.05, 0) is 55.6 Å². The minimum Gasteiger partial charge on any atom is -0.494 e. The Morgan fingerprint density at radius 3 is 2.67 bits per heavy atom. The van der Waals surface area contributed by atoms with Crippen LogP contribution in [0.25, 0.3) is 0 Å². The molecule has 0 aliphatic carbocycles. The molecule has 8 heteroatoms. The molecule has 1 aromatic heterocycles. The van der Waals surface area contributed by atoms with Crippen molar-refractivity contribution in [1.82, 2.24) is 14.9 Å². The zero-order valence-electron chi connectivity index (χ0n) is 11.8. The third kappa shape index (κ3) is 4.02. The van der Waals surface area contributed by atoms with Crippen LogP contribution in [0.2, 0.25) is 0 Å². The number of benzene rings is 1. The first-order valence-corrected chi connectivity index (χ1v) is 7.42. The fourth-order valence-electron chi connectivity index (χ4n) is 1.74. The largest absolute Gasteiger partial charge is 0.494 e. The average molecular weight is 323 g/mol. The van der Waals surface area contributed by atoms with E-state index in [0.29, 0.717) is 16.5 Å². The van der Waals surface area contributed by atoms with E-state index in [4.69, 9.17) is 29.2 Å². The van der Waals surface area contributed by atoms with Crippen LogP contribution in [0.4, 0.5) is 5.69 Å². The summed E-state index contributed by atoms with van der Waals surface area (Å²) in [6.45, 7) is 4.59. The van der Waals surface area contributed by atoms with Gasteiger partial charge >= 0.3 is 0 Å². The molecule has 0 atom stereocenters. The summed E-state index contributed by atoms with van der Waals surface area (Å²) in [6, 6.07) is 7.56. The maximum atomic E-state index is 5.39. The Bertz CT molecular complexity index is 662. The summed E-state index contributed by atoms with van der Waals surface area (Å²) in [5.41, 5.74) is 3.87. The van der Waals surface area contributed by atoms with E-state index in [0.717, 1.165) is 23.7 Å². The number of H-pyrrole nitrogens is 1. The van der Waals surface area contributed by atoms with Gasteiger partial charge in [0.25, 0.3) is 0 Å². The molecule has 0 bridgehead atoms. The number of nitrogens with one attached hydrogen (secondary N) is 3. The Morgan fingerprint density at radius 2 is 2.05 bits per heavy atom. The van der Waals surface area contributed by atoms with Crippen molar-refractivity contribution in [3.05, 3.63) is 34.9 Å². The highest BCUT2D eigenvalue weighted by Gasteiger charge is 2.05. The summed E-state index contributed by atoms with van der Waals surface area (Å²) in [5, 5.41) is 10.4. The fourth-order valence-corrected chi connectivity index (χ4v) is 2.15. The quantitative estimate of drug-likeness (QED) is 0.735. The van der Waals surface area contributed by atoms with Crippen LogP contribution in [0.3, 0.4) is 0 Å². The van der Waals surface area contributed by atoms with Crippen molar-refractivity contribution >= 4 is 35.2 Å². The molecule has 0 fully saturated rings. The number of aromatic nitrogens is 3. The predicted molar refractivity (Wildman–Crippen MR) is 90.0 cm³/mol.